The number of amides is 1. The number of benzene rings is 1. The zero-order chi connectivity index (χ0) is 19.9. The molecule has 27 heavy (non-hydrogen) atoms. The third-order valence-electron chi connectivity index (χ3n) is 5.06. The summed E-state index contributed by atoms with van der Waals surface area (Å²) in [5.74, 6) is 6.64. The Morgan fingerprint density at radius 2 is 1.93 bits per heavy atom. The van der Waals surface area contributed by atoms with E-state index in [0.717, 1.165) is 36.2 Å². The van der Waals surface area contributed by atoms with Crippen LogP contribution in [0.3, 0.4) is 0 Å². The first kappa shape index (κ1) is 20.8. The zero-order valence-corrected chi connectivity index (χ0v) is 17.3. The van der Waals surface area contributed by atoms with Gasteiger partial charge in [-0.2, -0.15) is 0 Å². The van der Waals surface area contributed by atoms with Crippen molar-refractivity contribution in [1.82, 2.24) is 4.90 Å². The van der Waals surface area contributed by atoms with E-state index < -0.39 is 0 Å². The number of hydrogen-bond donors (Lipinski definition) is 0. The van der Waals surface area contributed by atoms with Crippen LogP contribution < -0.4 is 0 Å². The molecule has 142 valence electrons. The summed E-state index contributed by atoms with van der Waals surface area (Å²) < 4.78 is 0. The minimum atomic E-state index is 0.0954. The normalized spacial score (nSPS) is 18.2. The predicted octanol–water partition coefficient (Wildman–Crippen LogP) is 5.87. The van der Waals surface area contributed by atoms with E-state index in [1.165, 1.54) is 5.57 Å². The summed E-state index contributed by atoms with van der Waals surface area (Å²) in [5.41, 5.74) is 4.30. The van der Waals surface area contributed by atoms with Gasteiger partial charge in [-0.1, -0.05) is 56.9 Å². The molecule has 0 aromatic heterocycles. The fourth-order valence-electron chi connectivity index (χ4n) is 3.08. The predicted molar refractivity (Wildman–Crippen MR) is 114 cm³/mol. The number of piperidine rings is 1. The van der Waals surface area contributed by atoms with Crippen molar-refractivity contribution in [3.05, 3.63) is 71.0 Å². The van der Waals surface area contributed by atoms with Crippen LogP contribution in [-0.4, -0.2) is 17.4 Å². The highest BCUT2D eigenvalue weighted by Crippen LogP contribution is 2.33. The third kappa shape index (κ3) is 6.00. The lowest BCUT2D eigenvalue weighted by Crippen LogP contribution is -2.41. The van der Waals surface area contributed by atoms with Crippen LogP contribution in [0.5, 0.6) is 0 Å². The molecule has 1 amide bonds. The number of allylic oxidation sites excluding steroid dienone is 5. The maximum Gasteiger partial charge on any atom is 0.227 e. The van der Waals surface area contributed by atoms with Gasteiger partial charge in [0.05, 0.1) is 0 Å². The second-order valence-corrected chi connectivity index (χ2v) is 7.85. The Morgan fingerprint density at radius 1 is 1.22 bits per heavy atom. The lowest BCUT2D eigenvalue weighted by Gasteiger charge is -2.37. The van der Waals surface area contributed by atoms with Crippen molar-refractivity contribution in [3.8, 4) is 11.8 Å². The molecule has 2 nitrogen and oxygen atoms in total. The Bertz CT molecular complexity index is 813. The number of rotatable bonds is 4. The first-order chi connectivity index (χ1) is 12.9. The monoisotopic (exact) mass is 361 g/mol. The van der Waals surface area contributed by atoms with Crippen LogP contribution in [0.25, 0.3) is 0 Å². The van der Waals surface area contributed by atoms with Gasteiger partial charge in [0.15, 0.2) is 0 Å². The van der Waals surface area contributed by atoms with Gasteiger partial charge in [0.2, 0.25) is 5.91 Å². The van der Waals surface area contributed by atoms with Crippen LogP contribution in [0, 0.1) is 17.3 Å². The highest BCUT2D eigenvalue weighted by molar-refractivity contribution is 5.80. The quantitative estimate of drug-likeness (QED) is 0.485. The number of nitrogens with zero attached hydrogens (tertiary/aromatic N) is 1. The van der Waals surface area contributed by atoms with Gasteiger partial charge in [-0.15, -0.1) is 0 Å². The second-order valence-electron chi connectivity index (χ2n) is 7.85. The van der Waals surface area contributed by atoms with E-state index in [2.05, 4.69) is 45.6 Å². The van der Waals surface area contributed by atoms with Gasteiger partial charge in [-0.25, -0.2) is 0 Å². The van der Waals surface area contributed by atoms with Gasteiger partial charge in [0, 0.05) is 29.8 Å². The molecule has 1 aromatic carbocycles. The van der Waals surface area contributed by atoms with Crippen LogP contribution in [0.15, 0.2) is 65.4 Å². The molecule has 0 bridgehead atoms. The van der Waals surface area contributed by atoms with Crippen molar-refractivity contribution in [1.29, 1.82) is 0 Å². The van der Waals surface area contributed by atoms with Crippen molar-refractivity contribution in [2.45, 2.75) is 53.9 Å². The highest BCUT2D eigenvalue weighted by atomic mass is 16.2. The smallest absolute Gasteiger partial charge is 0.227 e. The van der Waals surface area contributed by atoms with Crippen LogP contribution in [0.2, 0.25) is 0 Å². The van der Waals surface area contributed by atoms with Gasteiger partial charge in [0.25, 0.3) is 0 Å². The maximum atomic E-state index is 12.7. The molecule has 0 N–H and O–H groups in total. The van der Waals surface area contributed by atoms with Crippen molar-refractivity contribution in [2.75, 3.05) is 6.54 Å². The summed E-state index contributed by atoms with van der Waals surface area (Å²) >= 11 is 0. The summed E-state index contributed by atoms with van der Waals surface area (Å²) in [4.78, 5) is 14.7. The molecule has 1 aliphatic rings. The molecule has 1 aromatic rings. The Kier molecular flexibility index (Phi) is 7.25. The van der Waals surface area contributed by atoms with Crippen LogP contribution >= 0.6 is 0 Å². The lowest BCUT2D eigenvalue weighted by atomic mass is 9.82. The van der Waals surface area contributed by atoms with Gasteiger partial charge >= 0.3 is 0 Å². The Hall–Kier alpha value is -2.53. The molecule has 2 rings (SSSR count). The molecule has 1 fully saturated rings. The van der Waals surface area contributed by atoms with E-state index in [1.807, 2.05) is 54.3 Å². The topological polar surface area (TPSA) is 20.3 Å². The minimum absolute atomic E-state index is 0.0954. The lowest BCUT2D eigenvalue weighted by molar-refractivity contribution is -0.134. The second kappa shape index (κ2) is 9.42. The molecule has 0 spiro atoms. The molecule has 0 unspecified atom stereocenters. The Balaban J connectivity index is 2.23. The maximum absolute atomic E-state index is 12.7. The summed E-state index contributed by atoms with van der Waals surface area (Å²) in [6.07, 6.45) is 8.64. The summed E-state index contributed by atoms with van der Waals surface area (Å²) in [6.45, 7) is 11.4. The Labute approximate surface area is 164 Å². The van der Waals surface area contributed by atoms with E-state index in [9.17, 15) is 4.79 Å². The first-order valence-corrected chi connectivity index (χ1v) is 9.78. The number of carbonyl (C=O) groups is 1. The molecule has 0 aliphatic carbocycles. The standard InChI is InChI=1S/C25H31NO/c1-6-20(3)23(26-18-17-25(4,5)19-24(26)27)16-15-21(7-2)13-14-22-11-9-8-10-12-22/h7-12,15-16H,6,17-19H2,1-5H3. The van der Waals surface area contributed by atoms with E-state index in [1.54, 1.807) is 0 Å². The fraction of sp³-hybridized carbons (Fsp3) is 0.400. The number of likely N-dealkylation sites (tertiary alicyclic amines) is 1. The molecule has 0 atom stereocenters. The number of hydrogen-bond acceptors (Lipinski definition) is 1. The Morgan fingerprint density at radius 3 is 2.52 bits per heavy atom. The summed E-state index contributed by atoms with van der Waals surface area (Å²) in [6, 6.07) is 9.98. The SMILES string of the molecule is CC=C(C#Cc1ccccc1)C=CC(=C(C)CC)N1CCC(C)(C)CC1=O. The van der Waals surface area contributed by atoms with E-state index in [-0.39, 0.29) is 11.3 Å². The van der Waals surface area contributed by atoms with Crippen molar-refractivity contribution >= 4 is 5.91 Å². The molecule has 0 saturated carbocycles. The average Bonchev–Trinajstić information content (AvgIpc) is 2.65. The van der Waals surface area contributed by atoms with Gasteiger partial charge in [0.1, 0.15) is 0 Å². The third-order valence-corrected chi connectivity index (χ3v) is 5.06. The molecular weight excluding hydrogens is 330 g/mol. The summed E-state index contributed by atoms with van der Waals surface area (Å²) in [5, 5.41) is 0. The highest BCUT2D eigenvalue weighted by Gasteiger charge is 2.32. The van der Waals surface area contributed by atoms with Crippen molar-refractivity contribution in [3.63, 3.8) is 0 Å². The molecule has 1 aliphatic heterocycles. The van der Waals surface area contributed by atoms with Crippen LogP contribution in [0.4, 0.5) is 0 Å². The molecule has 2 heteroatoms. The summed E-state index contributed by atoms with van der Waals surface area (Å²) in [7, 11) is 0. The number of carbonyl (C=O) groups excluding carboxylic acids is 1. The molecule has 0 radical (unpaired) electrons. The van der Waals surface area contributed by atoms with Crippen molar-refractivity contribution < 1.29 is 4.79 Å². The van der Waals surface area contributed by atoms with E-state index in [4.69, 9.17) is 0 Å². The zero-order valence-electron chi connectivity index (χ0n) is 17.3. The van der Waals surface area contributed by atoms with Gasteiger partial charge in [-0.05, 0) is 62.0 Å². The minimum Gasteiger partial charge on any atom is -0.312 e. The van der Waals surface area contributed by atoms with Crippen LogP contribution in [-0.2, 0) is 4.79 Å². The largest absolute Gasteiger partial charge is 0.312 e. The van der Waals surface area contributed by atoms with Gasteiger partial charge in [-0.3, -0.25) is 4.79 Å². The molecular formula is C25H31NO. The van der Waals surface area contributed by atoms with E-state index >= 15 is 0 Å². The fourth-order valence-corrected chi connectivity index (χ4v) is 3.08. The van der Waals surface area contributed by atoms with Crippen LogP contribution in [0.1, 0.15) is 59.4 Å². The van der Waals surface area contributed by atoms with Crippen molar-refractivity contribution in [2.24, 2.45) is 5.41 Å². The van der Waals surface area contributed by atoms with E-state index in [0.29, 0.717) is 6.42 Å². The first-order valence-electron chi connectivity index (χ1n) is 9.78. The van der Waals surface area contributed by atoms with Gasteiger partial charge < -0.3 is 4.90 Å². The molecule has 1 saturated heterocycles. The molecule has 1 heterocycles. The average molecular weight is 362 g/mol.